The number of carbonyl (C=O) groups excluding carboxylic acids is 1. The number of hydrogen-bond donors (Lipinski definition) is 3. The fraction of sp³-hybridized carbons (Fsp3) is 0.222. The van der Waals surface area contributed by atoms with Crippen molar-refractivity contribution < 1.29 is 27.6 Å². The van der Waals surface area contributed by atoms with Gasteiger partial charge in [-0.25, -0.2) is 0 Å². The molecule has 2 aliphatic rings. The van der Waals surface area contributed by atoms with Crippen molar-refractivity contribution in [3.63, 3.8) is 0 Å². The van der Waals surface area contributed by atoms with Crippen LogP contribution in [0.4, 0.5) is 18.9 Å². The Morgan fingerprint density at radius 1 is 1.08 bits per heavy atom. The number of rotatable bonds is 5. The van der Waals surface area contributed by atoms with Crippen LogP contribution in [0.2, 0.25) is 5.02 Å². The van der Waals surface area contributed by atoms with Gasteiger partial charge in [-0.05, 0) is 47.9 Å². The third-order valence-corrected chi connectivity index (χ3v) is 7.83. The second kappa shape index (κ2) is 8.99. The Bertz CT molecular complexity index is 1620. The zero-order valence-electron chi connectivity index (χ0n) is 20.0. The minimum absolute atomic E-state index is 0.118. The van der Waals surface area contributed by atoms with Crippen molar-refractivity contribution in [2.75, 3.05) is 5.32 Å². The lowest BCUT2D eigenvalue weighted by Crippen LogP contribution is -2.49. The number of benzene rings is 3. The first-order valence-electron chi connectivity index (χ1n) is 12.0. The van der Waals surface area contributed by atoms with E-state index in [9.17, 15) is 28.1 Å². The summed E-state index contributed by atoms with van der Waals surface area (Å²) in [6.45, 7) is 0. The first-order chi connectivity index (χ1) is 18.6. The van der Waals surface area contributed by atoms with Gasteiger partial charge in [0.25, 0.3) is 0 Å². The molecule has 12 heteroatoms. The van der Waals surface area contributed by atoms with Crippen molar-refractivity contribution in [2.45, 2.75) is 36.3 Å². The Hall–Kier alpha value is -4.09. The van der Waals surface area contributed by atoms with Crippen molar-refractivity contribution in [3.8, 4) is 5.75 Å². The molecule has 0 radical (unpaired) electrons. The normalized spacial score (nSPS) is 24.2. The Labute approximate surface area is 224 Å². The summed E-state index contributed by atoms with van der Waals surface area (Å²) in [6.07, 6.45) is -3.04. The second-order valence-corrected chi connectivity index (χ2v) is 10.0. The molecule has 0 bridgehead atoms. The van der Waals surface area contributed by atoms with Crippen LogP contribution in [0.3, 0.4) is 0 Å². The first-order valence-corrected chi connectivity index (χ1v) is 12.4. The van der Waals surface area contributed by atoms with E-state index in [4.69, 9.17) is 11.6 Å². The molecule has 2 aliphatic heterocycles. The van der Waals surface area contributed by atoms with E-state index in [2.05, 4.69) is 20.4 Å². The number of para-hydroxylation sites is 1. The lowest BCUT2D eigenvalue weighted by atomic mass is 9.74. The molecule has 3 heterocycles. The second-order valence-electron chi connectivity index (χ2n) is 9.61. The zero-order chi connectivity index (χ0) is 27.5. The van der Waals surface area contributed by atoms with Gasteiger partial charge in [-0.1, -0.05) is 48.0 Å². The van der Waals surface area contributed by atoms with Gasteiger partial charge in [0.1, 0.15) is 11.3 Å². The van der Waals surface area contributed by atoms with Crippen LogP contribution in [0.25, 0.3) is 10.9 Å². The molecule has 0 aliphatic carbocycles. The third-order valence-electron chi connectivity index (χ3n) is 7.49. The number of anilines is 1. The van der Waals surface area contributed by atoms with E-state index in [-0.39, 0.29) is 22.7 Å². The monoisotopic (exact) mass is 556 g/mol. The van der Waals surface area contributed by atoms with E-state index in [1.807, 2.05) is 24.3 Å². The average Bonchev–Trinajstić information content (AvgIpc) is 3.52. The SMILES string of the molecule is O=C1Nc2ccc(OC(F)(F)F)cc2[C@@]12N[C@H](Cc1c[nH]c3ccccc13)[C@@H]([N+](=O)[O-])[C@@H]2c1ccccc1Cl. The van der Waals surface area contributed by atoms with Gasteiger partial charge >= 0.3 is 6.36 Å². The molecule has 4 aromatic rings. The number of aromatic nitrogens is 1. The molecule has 1 fully saturated rings. The molecular formula is C27H20ClF3N4O4. The Kier molecular flexibility index (Phi) is 5.81. The standard InChI is InChI=1S/C27H20ClF3N4O4/c28-19-7-3-1-6-17(19)23-24(35(37)38)22(11-14-13-32-20-8-4-2-5-16(14)20)34-26(23)18-12-15(39-27(29,30)31)9-10-21(18)33-25(26)36/h1-10,12-13,22-24,32,34H,11H2,(H,33,36)/t22-,23+,24-,26+/m1/s1. The molecule has 8 nitrogen and oxygen atoms in total. The molecular weight excluding hydrogens is 537 g/mol. The van der Waals surface area contributed by atoms with E-state index in [1.165, 1.54) is 6.07 Å². The Morgan fingerprint density at radius 2 is 1.82 bits per heavy atom. The molecule has 4 atom stereocenters. The maximum Gasteiger partial charge on any atom is 0.573 e. The van der Waals surface area contributed by atoms with Crippen molar-refractivity contribution in [2.24, 2.45) is 0 Å². The Morgan fingerprint density at radius 3 is 2.56 bits per heavy atom. The molecule has 6 rings (SSSR count). The van der Waals surface area contributed by atoms with Crippen LogP contribution in [0.1, 0.15) is 22.6 Å². The third kappa shape index (κ3) is 4.09. The van der Waals surface area contributed by atoms with Crippen LogP contribution in [0.5, 0.6) is 5.75 Å². The molecule has 200 valence electrons. The number of hydrogen-bond acceptors (Lipinski definition) is 5. The van der Waals surface area contributed by atoms with E-state index in [1.54, 1.807) is 30.5 Å². The summed E-state index contributed by atoms with van der Waals surface area (Å²) in [5, 5.41) is 19.7. The van der Waals surface area contributed by atoms with E-state index in [0.717, 1.165) is 28.6 Å². The van der Waals surface area contributed by atoms with Crippen LogP contribution >= 0.6 is 11.6 Å². The molecule has 3 N–H and O–H groups in total. The van der Waals surface area contributed by atoms with Gasteiger partial charge in [0.05, 0.1) is 12.0 Å². The number of H-pyrrole nitrogens is 1. The predicted molar refractivity (Wildman–Crippen MR) is 137 cm³/mol. The summed E-state index contributed by atoms with van der Waals surface area (Å²) < 4.78 is 43.4. The number of nitrogens with zero attached hydrogens (tertiary/aromatic N) is 1. The lowest BCUT2D eigenvalue weighted by Gasteiger charge is -2.30. The lowest BCUT2D eigenvalue weighted by molar-refractivity contribution is -0.526. The number of carbonyl (C=O) groups is 1. The van der Waals surface area contributed by atoms with Crippen molar-refractivity contribution >= 4 is 34.1 Å². The van der Waals surface area contributed by atoms with Gasteiger partial charge in [0.15, 0.2) is 0 Å². The first kappa shape index (κ1) is 25.2. The van der Waals surface area contributed by atoms with E-state index < -0.39 is 46.5 Å². The highest BCUT2D eigenvalue weighted by Gasteiger charge is 2.67. The molecule has 1 saturated heterocycles. The topological polar surface area (TPSA) is 109 Å². The quantitative estimate of drug-likeness (QED) is 0.222. The van der Waals surface area contributed by atoms with Gasteiger partial charge in [-0.15, -0.1) is 13.2 Å². The zero-order valence-corrected chi connectivity index (χ0v) is 20.7. The number of fused-ring (bicyclic) bond motifs is 3. The number of nitro groups is 1. The van der Waals surface area contributed by atoms with Gasteiger partial charge < -0.3 is 15.0 Å². The molecule has 39 heavy (non-hydrogen) atoms. The average molecular weight is 557 g/mol. The van der Waals surface area contributed by atoms with E-state index >= 15 is 0 Å². The van der Waals surface area contributed by atoms with Crippen LogP contribution in [-0.2, 0) is 16.8 Å². The maximum absolute atomic E-state index is 13.8. The summed E-state index contributed by atoms with van der Waals surface area (Å²) in [6, 6.07) is 15.2. The number of amides is 1. The molecule has 1 aromatic heterocycles. The highest BCUT2D eigenvalue weighted by atomic mass is 35.5. The molecule has 1 amide bonds. The summed E-state index contributed by atoms with van der Waals surface area (Å²) in [4.78, 5) is 29.2. The summed E-state index contributed by atoms with van der Waals surface area (Å²) >= 11 is 6.54. The van der Waals surface area contributed by atoms with Crippen LogP contribution in [0.15, 0.2) is 72.9 Å². The molecule has 3 aromatic carbocycles. The maximum atomic E-state index is 13.8. The minimum atomic E-state index is -4.97. The smallest absolute Gasteiger partial charge is 0.406 e. The fourth-order valence-electron chi connectivity index (χ4n) is 6.03. The van der Waals surface area contributed by atoms with Gasteiger partial charge in [-0.2, -0.15) is 0 Å². The molecule has 0 unspecified atom stereocenters. The minimum Gasteiger partial charge on any atom is -0.406 e. The van der Waals surface area contributed by atoms with Crippen LogP contribution < -0.4 is 15.4 Å². The fourth-order valence-corrected chi connectivity index (χ4v) is 6.28. The highest BCUT2D eigenvalue weighted by Crippen LogP contribution is 2.54. The molecule has 1 spiro atoms. The number of aromatic amines is 1. The van der Waals surface area contributed by atoms with Gasteiger partial charge in [0, 0.05) is 38.3 Å². The summed E-state index contributed by atoms with van der Waals surface area (Å²) in [5.74, 6) is -2.33. The highest BCUT2D eigenvalue weighted by molar-refractivity contribution is 6.31. The Balaban J connectivity index is 1.54. The predicted octanol–water partition coefficient (Wildman–Crippen LogP) is 5.51. The number of ether oxygens (including phenoxy) is 1. The van der Waals surface area contributed by atoms with Crippen molar-refractivity contribution in [1.29, 1.82) is 0 Å². The van der Waals surface area contributed by atoms with Gasteiger partial charge in [0.2, 0.25) is 11.9 Å². The number of halogens is 4. The van der Waals surface area contributed by atoms with Crippen LogP contribution in [0, 0.1) is 10.1 Å². The largest absolute Gasteiger partial charge is 0.573 e. The van der Waals surface area contributed by atoms with Gasteiger partial charge in [-0.3, -0.25) is 20.2 Å². The summed E-state index contributed by atoms with van der Waals surface area (Å²) in [7, 11) is 0. The number of nitrogens with one attached hydrogen (secondary N) is 3. The molecule has 0 saturated carbocycles. The van der Waals surface area contributed by atoms with Crippen LogP contribution in [-0.4, -0.2) is 34.3 Å². The van der Waals surface area contributed by atoms with Crippen molar-refractivity contribution in [1.82, 2.24) is 10.3 Å². The van der Waals surface area contributed by atoms with Crippen molar-refractivity contribution in [3.05, 3.63) is 105 Å². The van der Waals surface area contributed by atoms with E-state index in [0.29, 0.717) is 5.56 Å². The summed E-state index contributed by atoms with van der Waals surface area (Å²) in [5.41, 5.74) is 0.525. The number of alkyl halides is 3.